The number of amides is 1. The van der Waals surface area contributed by atoms with Gasteiger partial charge < -0.3 is 14.8 Å². The van der Waals surface area contributed by atoms with E-state index in [1.807, 2.05) is 13.0 Å². The third kappa shape index (κ3) is 4.51. The van der Waals surface area contributed by atoms with E-state index < -0.39 is 17.2 Å². The van der Waals surface area contributed by atoms with Crippen molar-refractivity contribution in [2.75, 3.05) is 19.5 Å². The largest absolute Gasteiger partial charge is 0.497 e. The van der Waals surface area contributed by atoms with Crippen LogP contribution in [0.25, 0.3) is 11.2 Å². The van der Waals surface area contributed by atoms with E-state index in [4.69, 9.17) is 9.47 Å². The number of methoxy groups -OCH3 is 2. The molecule has 4 rings (SSSR count). The number of carbonyl (C=O) groups is 1. The van der Waals surface area contributed by atoms with Crippen LogP contribution in [0.1, 0.15) is 11.1 Å². The molecule has 0 saturated carbocycles. The van der Waals surface area contributed by atoms with Crippen molar-refractivity contribution < 1.29 is 14.3 Å². The molecule has 0 aliphatic heterocycles. The zero-order valence-electron chi connectivity index (χ0n) is 18.9. The number of aromatic nitrogens is 4. The number of hydrogen-bond donors (Lipinski definition) is 1. The number of anilines is 1. The molecule has 0 spiro atoms. The van der Waals surface area contributed by atoms with Crippen LogP contribution < -0.4 is 26.0 Å². The topological polar surface area (TPSA) is 117 Å². The lowest BCUT2D eigenvalue weighted by Gasteiger charge is -2.14. The Bertz CT molecular complexity index is 1470. The minimum Gasteiger partial charge on any atom is -0.497 e. The minimum atomic E-state index is -0.667. The lowest BCUT2D eigenvalue weighted by molar-refractivity contribution is -0.116. The molecule has 0 bridgehead atoms. The molecule has 2 aromatic carbocycles. The van der Waals surface area contributed by atoms with Crippen molar-refractivity contribution in [3.05, 3.63) is 86.8 Å². The minimum absolute atomic E-state index is 0.00149. The Morgan fingerprint density at radius 3 is 2.41 bits per heavy atom. The molecule has 174 valence electrons. The highest BCUT2D eigenvalue weighted by molar-refractivity contribution is 5.92. The van der Waals surface area contributed by atoms with Crippen molar-refractivity contribution in [3.63, 3.8) is 0 Å². The molecule has 34 heavy (non-hydrogen) atoms. The van der Waals surface area contributed by atoms with Gasteiger partial charge in [0.2, 0.25) is 5.91 Å². The summed E-state index contributed by atoms with van der Waals surface area (Å²) in [5.41, 5.74) is 0.899. The molecule has 0 fully saturated rings. The Kier molecular flexibility index (Phi) is 6.39. The van der Waals surface area contributed by atoms with E-state index in [2.05, 4.69) is 15.3 Å². The summed E-state index contributed by atoms with van der Waals surface area (Å²) >= 11 is 0. The molecule has 0 saturated heterocycles. The summed E-state index contributed by atoms with van der Waals surface area (Å²) in [7, 11) is 3.06. The molecule has 0 unspecified atom stereocenters. The second-order valence-corrected chi connectivity index (χ2v) is 7.59. The maximum atomic E-state index is 13.3. The smallest absolute Gasteiger partial charge is 0.333 e. The maximum Gasteiger partial charge on any atom is 0.333 e. The van der Waals surface area contributed by atoms with Gasteiger partial charge in [-0.1, -0.05) is 18.2 Å². The highest BCUT2D eigenvalue weighted by Crippen LogP contribution is 2.25. The molecule has 0 radical (unpaired) electrons. The molecule has 0 atom stereocenters. The van der Waals surface area contributed by atoms with Crippen LogP contribution in [-0.4, -0.2) is 39.2 Å². The van der Waals surface area contributed by atoms with Crippen molar-refractivity contribution in [2.45, 2.75) is 20.0 Å². The molecule has 10 nitrogen and oxygen atoms in total. The Labute approximate surface area is 194 Å². The van der Waals surface area contributed by atoms with Gasteiger partial charge in [-0.25, -0.2) is 14.8 Å². The van der Waals surface area contributed by atoms with Crippen LogP contribution in [0.3, 0.4) is 0 Å². The Morgan fingerprint density at radius 1 is 0.971 bits per heavy atom. The summed E-state index contributed by atoms with van der Waals surface area (Å²) in [5.74, 6) is 0.661. The molecular formula is C24H23N5O5. The van der Waals surface area contributed by atoms with Crippen LogP contribution in [0, 0.1) is 6.92 Å². The first-order chi connectivity index (χ1) is 16.4. The van der Waals surface area contributed by atoms with Gasteiger partial charge in [-0.05, 0) is 42.3 Å². The molecule has 0 aliphatic rings. The molecule has 1 N–H and O–H groups in total. The average Bonchev–Trinajstić information content (AvgIpc) is 2.85. The van der Waals surface area contributed by atoms with Gasteiger partial charge >= 0.3 is 5.69 Å². The molecule has 4 aromatic rings. The molecular weight excluding hydrogens is 438 g/mol. The van der Waals surface area contributed by atoms with E-state index in [9.17, 15) is 14.4 Å². The van der Waals surface area contributed by atoms with E-state index in [-0.39, 0.29) is 24.3 Å². The zero-order chi connectivity index (χ0) is 24.2. The lowest BCUT2D eigenvalue weighted by atomic mass is 10.2. The zero-order valence-corrected chi connectivity index (χ0v) is 18.9. The van der Waals surface area contributed by atoms with E-state index in [1.54, 1.807) is 43.5 Å². The van der Waals surface area contributed by atoms with Crippen LogP contribution in [-0.2, 0) is 17.9 Å². The summed E-state index contributed by atoms with van der Waals surface area (Å²) < 4.78 is 12.6. The van der Waals surface area contributed by atoms with E-state index in [0.29, 0.717) is 22.7 Å². The highest BCUT2D eigenvalue weighted by Gasteiger charge is 2.18. The number of nitrogens with one attached hydrogen (secondary N) is 1. The third-order valence-corrected chi connectivity index (χ3v) is 5.27. The van der Waals surface area contributed by atoms with Crippen molar-refractivity contribution in [3.8, 4) is 11.5 Å². The van der Waals surface area contributed by atoms with E-state index in [0.717, 1.165) is 14.7 Å². The maximum absolute atomic E-state index is 13.3. The first-order valence-electron chi connectivity index (χ1n) is 10.4. The lowest BCUT2D eigenvalue weighted by Crippen LogP contribution is -2.42. The van der Waals surface area contributed by atoms with Gasteiger partial charge in [0.1, 0.15) is 18.0 Å². The van der Waals surface area contributed by atoms with Crippen molar-refractivity contribution >= 4 is 22.8 Å². The van der Waals surface area contributed by atoms with Crippen LogP contribution in [0.2, 0.25) is 0 Å². The van der Waals surface area contributed by atoms with E-state index in [1.165, 1.54) is 19.5 Å². The summed E-state index contributed by atoms with van der Waals surface area (Å²) in [6, 6.07) is 12.4. The first-order valence-corrected chi connectivity index (χ1v) is 10.4. The van der Waals surface area contributed by atoms with Crippen LogP contribution in [0.5, 0.6) is 11.5 Å². The van der Waals surface area contributed by atoms with Gasteiger partial charge in [0, 0.05) is 12.4 Å². The van der Waals surface area contributed by atoms with Crippen LogP contribution in [0.4, 0.5) is 5.69 Å². The average molecular weight is 461 g/mol. The number of nitrogens with zero attached hydrogens (tertiary/aromatic N) is 4. The number of ether oxygens (including phenoxy) is 2. The Morgan fingerprint density at radius 2 is 1.71 bits per heavy atom. The number of rotatable bonds is 7. The predicted octanol–water partition coefficient (Wildman–Crippen LogP) is 1.97. The number of benzene rings is 2. The van der Waals surface area contributed by atoms with Crippen molar-refractivity contribution in [1.82, 2.24) is 19.1 Å². The summed E-state index contributed by atoms with van der Waals surface area (Å²) in [6.07, 6.45) is 2.74. The second kappa shape index (κ2) is 9.57. The third-order valence-electron chi connectivity index (χ3n) is 5.27. The number of fused-ring (bicyclic) bond motifs is 1. The number of carbonyl (C=O) groups excluding carboxylic acids is 1. The standard InChI is InChI=1S/C24H23N5O5/c1-15-4-9-19(34-3)18(12-15)27-20(30)14-28-22-21(25-10-11-26-22)23(31)29(24(28)32)13-16-5-7-17(33-2)8-6-16/h4-12H,13-14H2,1-3H3,(H,27,30). The van der Waals surface area contributed by atoms with Gasteiger partial charge in [0.25, 0.3) is 5.56 Å². The predicted molar refractivity (Wildman–Crippen MR) is 127 cm³/mol. The fourth-order valence-corrected chi connectivity index (χ4v) is 3.58. The van der Waals surface area contributed by atoms with Crippen molar-refractivity contribution in [2.24, 2.45) is 0 Å². The fourth-order valence-electron chi connectivity index (χ4n) is 3.58. The fraction of sp³-hybridized carbons (Fsp3) is 0.208. The molecule has 2 aromatic heterocycles. The van der Waals surface area contributed by atoms with E-state index >= 15 is 0 Å². The molecule has 2 heterocycles. The van der Waals surface area contributed by atoms with Crippen LogP contribution >= 0.6 is 0 Å². The molecule has 10 heteroatoms. The van der Waals surface area contributed by atoms with Gasteiger partial charge in [-0.3, -0.25) is 18.7 Å². The van der Waals surface area contributed by atoms with Gasteiger partial charge in [0.15, 0.2) is 11.2 Å². The van der Waals surface area contributed by atoms with Gasteiger partial charge in [-0.15, -0.1) is 0 Å². The Hall–Kier alpha value is -4.47. The van der Waals surface area contributed by atoms with Gasteiger partial charge in [-0.2, -0.15) is 0 Å². The summed E-state index contributed by atoms with van der Waals surface area (Å²) in [5, 5.41) is 2.77. The monoisotopic (exact) mass is 461 g/mol. The first kappa shape index (κ1) is 22.7. The summed E-state index contributed by atoms with van der Waals surface area (Å²) in [6.45, 7) is 1.52. The molecule has 1 amide bonds. The van der Waals surface area contributed by atoms with Crippen LogP contribution in [0.15, 0.2) is 64.4 Å². The number of aryl methyl sites for hydroxylation is 1. The normalized spacial score (nSPS) is 10.8. The number of hydrogen-bond acceptors (Lipinski definition) is 7. The molecule has 0 aliphatic carbocycles. The SMILES string of the molecule is COc1ccc(Cn2c(=O)c3nccnc3n(CC(=O)Nc3cc(C)ccc3OC)c2=O)cc1. The van der Waals surface area contributed by atoms with Gasteiger partial charge in [0.05, 0.1) is 26.5 Å². The Balaban J connectivity index is 1.73. The quantitative estimate of drug-likeness (QED) is 0.447. The highest BCUT2D eigenvalue weighted by atomic mass is 16.5. The second-order valence-electron chi connectivity index (χ2n) is 7.59. The summed E-state index contributed by atoms with van der Waals surface area (Å²) in [4.78, 5) is 47.5. The van der Waals surface area contributed by atoms with Crippen molar-refractivity contribution in [1.29, 1.82) is 0 Å².